The van der Waals surface area contributed by atoms with E-state index in [9.17, 15) is 13.6 Å². The number of halogens is 4. The van der Waals surface area contributed by atoms with Gasteiger partial charge in [0.1, 0.15) is 29.7 Å². The van der Waals surface area contributed by atoms with Gasteiger partial charge in [-0.1, -0.05) is 60.5 Å². The Morgan fingerprint density at radius 1 is 1.16 bits per heavy atom. The Kier molecular flexibility index (Phi) is 8.91. The molecule has 4 aromatic rings. The molecule has 1 aromatic heterocycles. The minimum absolute atomic E-state index is 0.0637. The fourth-order valence-corrected chi connectivity index (χ4v) is 5.28. The number of imidazole rings is 1. The average molecular weight is 566 g/mol. The smallest absolute Gasteiger partial charge is 0.387 e. The average Bonchev–Trinajstić information content (AvgIpc) is 3.28. The zero-order valence-corrected chi connectivity index (χ0v) is 22.2. The standard InChI is InChI=1S/C26H23Cl2F2N3O3S/c1-3-37-15-10-8-14(9-11-15)23(32-20(34)13-35-2)25-31-18-12-17(27)21(22(28)24(18)33-25)16-6-4-5-7-19(16)36-26(29)30/h4-12,23,26H,3,13H2,1-2H3,(H,31,33)(H,32,34). The van der Waals surface area contributed by atoms with E-state index in [0.717, 1.165) is 16.2 Å². The summed E-state index contributed by atoms with van der Waals surface area (Å²) >= 11 is 15.0. The highest BCUT2D eigenvalue weighted by Gasteiger charge is 2.24. The van der Waals surface area contributed by atoms with Crippen LogP contribution in [-0.2, 0) is 9.53 Å². The van der Waals surface area contributed by atoms with E-state index < -0.39 is 12.7 Å². The highest BCUT2D eigenvalue weighted by Crippen LogP contribution is 2.43. The van der Waals surface area contributed by atoms with Crippen molar-refractivity contribution in [3.05, 3.63) is 76.0 Å². The largest absolute Gasteiger partial charge is 0.434 e. The highest BCUT2D eigenvalue weighted by atomic mass is 35.5. The number of carbonyl (C=O) groups excluding carboxylic acids is 1. The third-order valence-electron chi connectivity index (χ3n) is 5.44. The predicted octanol–water partition coefficient (Wildman–Crippen LogP) is 7.10. The lowest BCUT2D eigenvalue weighted by molar-refractivity contribution is -0.125. The number of carbonyl (C=O) groups is 1. The number of methoxy groups -OCH3 is 1. The first-order valence-corrected chi connectivity index (χ1v) is 13.0. The number of aromatic nitrogens is 2. The number of H-pyrrole nitrogens is 1. The molecule has 0 aliphatic carbocycles. The van der Waals surface area contributed by atoms with E-state index in [2.05, 4.69) is 26.9 Å². The van der Waals surface area contributed by atoms with E-state index in [-0.39, 0.29) is 28.3 Å². The van der Waals surface area contributed by atoms with Gasteiger partial charge in [-0.15, -0.1) is 11.8 Å². The van der Waals surface area contributed by atoms with Crippen molar-refractivity contribution in [1.82, 2.24) is 15.3 Å². The Hall–Kier alpha value is -2.85. The van der Waals surface area contributed by atoms with Gasteiger partial charge >= 0.3 is 6.61 Å². The molecule has 1 atom stereocenters. The third kappa shape index (κ3) is 6.18. The zero-order chi connectivity index (χ0) is 26.5. The minimum Gasteiger partial charge on any atom is -0.434 e. The van der Waals surface area contributed by atoms with Crippen molar-refractivity contribution in [2.75, 3.05) is 19.5 Å². The van der Waals surface area contributed by atoms with E-state index in [1.54, 1.807) is 36.0 Å². The van der Waals surface area contributed by atoms with E-state index in [1.165, 1.54) is 13.2 Å². The second-order valence-electron chi connectivity index (χ2n) is 7.88. The van der Waals surface area contributed by atoms with Crippen molar-refractivity contribution in [3.63, 3.8) is 0 Å². The van der Waals surface area contributed by atoms with Crippen LogP contribution in [0.25, 0.3) is 22.2 Å². The molecule has 0 saturated carbocycles. The molecule has 0 aliphatic rings. The zero-order valence-electron chi connectivity index (χ0n) is 19.9. The Morgan fingerprint density at radius 2 is 1.89 bits per heavy atom. The molecule has 11 heteroatoms. The number of para-hydroxylation sites is 1. The molecule has 6 nitrogen and oxygen atoms in total. The molecule has 1 unspecified atom stereocenters. The molecule has 2 N–H and O–H groups in total. The van der Waals surface area contributed by atoms with Crippen LogP contribution in [0.5, 0.6) is 5.75 Å². The number of ether oxygens (including phenoxy) is 2. The molecule has 37 heavy (non-hydrogen) atoms. The molecule has 1 amide bonds. The first kappa shape index (κ1) is 27.2. The van der Waals surface area contributed by atoms with Gasteiger partial charge in [-0.3, -0.25) is 4.79 Å². The SMILES string of the molecule is CCSc1ccc(C(NC(=O)COC)c2nc3c(Cl)c(-c4ccccc4OC(F)F)c(Cl)cc3[nH]2)cc1. The molecule has 4 rings (SSSR count). The molecule has 0 aliphatic heterocycles. The van der Waals surface area contributed by atoms with E-state index >= 15 is 0 Å². The van der Waals surface area contributed by atoms with Gasteiger partial charge in [0.2, 0.25) is 5.91 Å². The monoisotopic (exact) mass is 565 g/mol. The molecular formula is C26H23Cl2F2N3O3S. The molecule has 0 bridgehead atoms. The number of benzene rings is 3. The minimum atomic E-state index is -3.02. The molecule has 0 saturated heterocycles. The predicted molar refractivity (Wildman–Crippen MR) is 143 cm³/mol. The molecule has 0 radical (unpaired) electrons. The fourth-order valence-electron chi connectivity index (χ4n) is 3.92. The van der Waals surface area contributed by atoms with E-state index in [0.29, 0.717) is 28.0 Å². The first-order valence-electron chi connectivity index (χ1n) is 11.2. The third-order valence-corrected chi connectivity index (χ3v) is 7.00. The van der Waals surface area contributed by atoms with Crippen molar-refractivity contribution in [2.45, 2.75) is 24.5 Å². The second kappa shape index (κ2) is 12.1. The van der Waals surface area contributed by atoms with Gasteiger partial charge in [-0.2, -0.15) is 8.78 Å². The summed E-state index contributed by atoms with van der Waals surface area (Å²) in [6.07, 6.45) is 0. The van der Waals surface area contributed by atoms with E-state index in [1.807, 2.05) is 24.3 Å². The Morgan fingerprint density at radius 3 is 2.57 bits per heavy atom. The Bertz CT molecular complexity index is 1400. The quantitative estimate of drug-likeness (QED) is 0.200. The Labute approximate surface area is 226 Å². The summed E-state index contributed by atoms with van der Waals surface area (Å²) in [5.41, 5.74) is 2.29. The van der Waals surface area contributed by atoms with Gasteiger partial charge in [-0.05, 0) is 35.6 Å². The number of nitrogens with zero attached hydrogens (tertiary/aromatic N) is 1. The van der Waals surface area contributed by atoms with Crippen molar-refractivity contribution in [3.8, 4) is 16.9 Å². The summed E-state index contributed by atoms with van der Waals surface area (Å²) in [6.45, 7) is -1.07. The van der Waals surface area contributed by atoms with Gasteiger partial charge in [0.25, 0.3) is 0 Å². The molecular weight excluding hydrogens is 543 g/mol. The summed E-state index contributed by atoms with van der Waals surface area (Å²) in [6, 6.07) is 15.0. The number of hydrogen-bond donors (Lipinski definition) is 2. The van der Waals surface area contributed by atoms with Crippen LogP contribution in [0.3, 0.4) is 0 Å². The summed E-state index contributed by atoms with van der Waals surface area (Å²) in [4.78, 5) is 21.4. The van der Waals surface area contributed by atoms with Gasteiger partial charge in [0.05, 0.1) is 15.6 Å². The van der Waals surface area contributed by atoms with E-state index in [4.69, 9.17) is 27.9 Å². The van der Waals surface area contributed by atoms with Gasteiger partial charge in [0.15, 0.2) is 0 Å². The number of amides is 1. The second-order valence-corrected chi connectivity index (χ2v) is 10.00. The number of hydrogen-bond acceptors (Lipinski definition) is 5. The molecule has 1 heterocycles. The normalized spacial score (nSPS) is 12.2. The van der Waals surface area contributed by atoms with Gasteiger partial charge in [-0.25, -0.2) is 4.98 Å². The van der Waals surface area contributed by atoms with Crippen molar-refractivity contribution >= 4 is 51.9 Å². The van der Waals surface area contributed by atoms with Crippen LogP contribution in [0.1, 0.15) is 24.4 Å². The highest BCUT2D eigenvalue weighted by molar-refractivity contribution is 7.99. The lowest BCUT2D eigenvalue weighted by Gasteiger charge is -2.17. The maximum Gasteiger partial charge on any atom is 0.387 e. The molecule has 0 spiro atoms. The van der Waals surface area contributed by atoms with Gasteiger partial charge in [0, 0.05) is 23.1 Å². The van der Waals surface area contributed by atoms with Crippen LogP contribution < -0.4 is 10.1 Å². The number of thioether (sulfide) groups is 1. The number of alkyl halides is 2. The van der Waals surface area contributed by atoms with Crippen LogP contribution in [0.2, 0.25) is 10.0 Å². The van der Waals surface area contributed by atoms with Crippen molar-refractivity contribution < 1.29 is 23.0 Å². The topological polar surface area (TPSA) is 76.2 Å². The first-order chi connectivity index (χ1) is 17.8. The summed E-state index contributed by atoms with van der Waals surface area (Å²) in [7, 11) is 1.44. The molecule has 0 fully saturated rings. The number of fused-ring (bicyclic) bond motifs is 1. The molecule has 194 valence electrons. The van der Waals surface area contributed by atoms with Gasteiger partial charge < -0.3 is 19.8 Å². The number of rotatable bonds is 10. The van der Waals surface area contributed by atoms with Crippen LogP contribution in [0.4, 0.5) is 8.78 Å². The summed E-state index contributed by atoms with van der Waals surface area (Å²) in [5.74, 6) is 0.959. The maximum atomic E-state index is 13.0. The number of aromatic amines is 1. The number of nitrogens with one attached hydrogen (secondary N) is 2. The summed E-state index contributed by atoms with van der Waals surface area (Å²) in [5, 5.41) is 3.31. The van der Waals surface area contributed by atoms with Crippen LogP contribution in [0, 0.1) is 0 Å². The fraction of sp³-hybridized carbons (Fsp3) is 0.231. The van der Waals surface area contributed by atoms with Crippen LogP contribution >= 0.6 is 35.0 Å². The van der Waals surface area contributed by atoms with Crippen molar-refractivity contribution in [2.24, 2.45) is 0 Å². The summed E-state index contributed by atoms with van der Waals surface area (Å²) < 4.78 is 35.7. The lowest BCUT2D eigenvalue weighted by Crippen LogP contribution is -2.32. The van der Waals surface area contributed by atoms with Crippen LogP contribution in [0.15, 0.2) is 59.5 Å². The lowest BCUT2D eigenvalue weighted by atomic mass is 10.0. The maximum absolute atomic E-state index is 13.0. The van der Waals surface area contributed by atoms with Crippen LogP contribution in [-0.4, -0.2) is 42.0 Å². The van der Waals surface area contributed by atoms with Crippen molar-refractivity contribution in [1.29, 1.82) is 0 Å². The Balaban J connectivity index is 1.81. The molecule has 3 aromatic carbocycles.